The van der Waals surface area contributed by atoms with Crippen LogP contribution in [-0.2, 0) is 0 Å². The lowest BCUT2D eigenvalue weighted by molar-refractivity contribution is 1.26. The van der Waals surface area contributed by atoms with Crippen LogP contribution in [0.3, 0.4) is 0 Å². The van der Waals surface area contributed by atoms with Crippen molar-refractivity contribution in [2.24, 2.45) is 0 Å². The summed E-state index contributed by atoms with van der Waals surface area (Å²) in [6.07, 6.45) is 1.35. The molecule has 4 heteroatoms. The first-order chi connectivity index (χ1) is 4.74. The fourth-order valence-corrected chi connectivity index (χ4v) is 0.731. The first-order valence-electron chi connectivity index (χ1n) is 2.45. The molecule has 0 saturated heterocycles. The lowest BCUT2D eigenvalue weighted by atomic mass is 10.4. The molecule has 10 heavy (non-hydrogen) atoms. The van der Waals surface area contributed by atoms with Gasteiger partial charge in [-0.15, -0.1) is 0 Å². The van der Waals surface area contributed by atoms with Crippen molar-refractivity contribution in [1.29, 1.82) is 5.26 Å². The molecule has 1 aromatic heterocycles. The molecule has 0 fully saturated rings. The number of halogens is 2. The van der Waals surface area contributed by atoms with E-state index in [9.17, 15) is 0 Å². The largest absolute Gasteiger partial charge is 0.244 e. The third-order valence-electron chi connectivity index (χ3n) is 0.923. The Hall–Kier alpha value is -0.780. The highest BCUT2D eigenvalue weighted by Crippen LogP contribution is 2.19. The lowest BCUT2D eigenvalue weighted by Crippen LogP contribution is -1.80. The van der Waals surface area contributed by atoms with E-state index in [-0.39, 0.29) is 5.69 Å². The second-order valence-electron chi connectivity index (χ2n) is 1.60. The van der Waals surface area contributed by atoms with Crippen molar-refractivity contribution in [1.82, 2.24) is 4.98 Å². The SMILES string of the molecule is N#Cc1cc(Cl)c(Cl)cn1. The predicted octanol–water partition coefficient (Wildman–Crippen LogP) is 2.26. The zero-order valence-electron chi connectivity index (χ0n) is 4.81. The van der Waals surface area contributed by atoms with E-state index in [1.165, 1.54) is 12.3 Å². The summed E-state index contributed by atoms with van der Waals surface area (Å²) in [5, 5.41) is 9.06. The Kier molecular flexibility index (Phi) is 2.10. The van der Waals surface area contributed by atoms with Gasteiger partial charge in [0.05, 0.1) is 10.0 Å². The van der Waals surface area contributed by atoms with Crippen LogP contribution in [0.4, 0.5) is 0 Å². The summed E-state index contributed by atoms with van der Waals surface area (Å²) in [6, 6.07) is 3.26. The molecule has 50 valence electrons. The Morgan fingerprint density at radius 1 is 1.40 bits per heavy atom. The molecule has 0 bridgehead atoms. The van der Waals surface area contributed by atoms with Crippen molar-refractivity contribution in [2.45, 2.75) is 0 Å². The van der Waals surface area contributed by atoms with E-state index in [4.69, 9.17) is 28.5 Å². The number of pyridine rings is 1. The summed E-state index contributed by atoms with van der Waals surface area (Å²) < 4.78 is 0. The highest BCUT2D eigenvalue weighted by Gasteiger charge is 1.98. The first kappa shape index (κ1) is 7.33. The van der Waals surface area contributed by atoms with E-state index in [1.807, 2.05) is 6.07 Å². The zero-order valence-corrected chi connectivity index (χ0v) is 6.32. The van der Waals surface area contributed by atoms with E-state index in [0.29, 0.717) is 10.0 Å². The number of nitrogens with zero attached hydrogens (tertiary/aromatic N) is 2. The minimum Gasteiger partial charge on any atom is -0.244 e. The monoisotopic (exact) mass is 172 g/mol. The third kappa shape index (κ3) is 1.38. The number of aromatic nitrogens is 1. The maximum Gasteiger partial charge on any atom is 0.142 e. The van der Waals surface area contributed by atoms with Gasteiger partial charge in [-0.05, 0) is 6.07 Å². The Bertz CT molecular complexity index is 290. The quantitative estimate of drug-likeness (QED) is 0.603. The molecule has 1 rings (SSSR count). The minimum absolute atomic E-state index is 0.273. The van der Waals surface area contributed by atoms with E-state index in [0.717, 1.165) is 0 Å². The van der Waals surface area contributed by atoms with Gasteiger partial charge in [-0.3, -0.25) is 0 Å². The molecule has 0 radical (unpaired) electrons. The Morgan fingerprint density at radius 3 is 2.60 bits per heavy atom. The number of rotatable bonds is 0. The summed E-state index contributed by atoms with van der Waals surface area (Å²) >= 11 is 11.1. The van der Waals surface area contributed by atoms with Crippen LogP contribution in [0.15, 0.2) is 12.3 Å². The smallest absolute Gasteiger partial charge is 0.142 e. The van der Waals surface area contributed by atoms with Crippen LogP contribution in [0.5, 0.6) is 0 Å². The van der Waals surface area contributed by atoms with Gasteiger partial charge in [0.25, 0.3) is 0 Å². The van der Waals surface area contributed by atoms with Gasteiger partial charge >= 0.3 is 0 Å². The fraction of sp³-hybridized carbons (Fsp3) is 0. The highest BCUT2D eigenvalue weighted by atomic mass is 35.5. The molecule has 1 heterocycles. The molecule has 0 aliphatic rings. The minimum atomic E-state index is 0.273. The van der Waals surface area contributed by atoms with Crippen LogP contribution in [0, 0.1) is 11.3 Å². The molecule has 0 aromatic carbocycles. The van der Waals surface area contributed by atoms with Gasteiger partial charge in [0.15, 0.2) is 0 Å². The van der Waals surface area contributed by atoms with Crippen molar-refractivity contribution in [3.05, 3.63) is 28.0 Å². The van der Waals surface area contributed by atoms with Crippen LogP contribution in [-0.4, -0.2) is 4.98 Å². The lowest BCUT2D eigenvalue weighted by Gasteiger charge is -1.91. The summed E-state index contributed by atoms with van der Waals surface area (Å²) in [6.45, 7) is 0. The molecule has 1 aromatic rings. The highest BCUT2D eigenvalue weighted by molar-refractivity contribution is 6.41. The van der Waals surface area contributed by atoms with Gasteiger partial charge in [0.1, 0.15) is 11.8 Å². The van der Waals surface area contributed by atoms with Crippen molar-refractivity contribution < 1.29 is 0 Å². The van der Waals surface area contributed by atoms with E-state index >= 15 is 0 Å². The molecule has 0 aliphatic heterocycles. The average Bonchev–Trinajstić information content (AvgIpc) is 1.95. The van der Waals surface area contributed by atoms with Gasteiger partial charge in [-0.25, -0.2) is 4.98 Å². The average molecular weight is 173 g/mol. The molecular formula is C6H2Cl2N2. The molecular weight excluding hydrogens is 171 g/mol. The van der Waals surface area contributed by atoms with E-state index in [2.05, 4.69) is 4.98 Å². The fourth-order valence-electron chi connectivity index (χ4n) is 0.475. The van der Waals surface area contributed by atoms with E-state index < -0.39 is 0 Å². The number of hydrogen-bond acceptors (Lipinski definition) is 2. The molecule has 0 spiro atoms. The predicted molar refractivity (Wildman–Crippen MR) is 39.0 cm³/mol. The first-order valence-corrected chi connectivity index (χ1v) is 3.21. The maximum absolute atomic E-state index is 8.34. The summed E-state index contributed by atoms with van der Waals surface area (Å²) in [4.78, 5) is 3.68. The standard InChI is InChI=1S/C6H2Cl2N2/c7-5-1-4(2-9)10-3-6(5)8/h1,3H. The van der Waals surface area contributed by atoms with Crippen LogP contribution < -0.4 is 0 Å². The molecule has 0 amide bonds. The molecule has 0 unspecified atom stereocenters. The van der Waals surface area contributed by atoms with Gasteiger partial charge in [0.2, 0.25) is 0 Å². The van der Waals surface area contributed by atoms with Crippen molar-refractivity contribution in [3.8, 4) is 6.07 Å². The maximum atomic E-state index is 8.34. The molecule has 0 atom stereocenters. The molecule has 0 aliphatic carbocycles. The Morgan fingerprint density at radius 2 is 2.10 bits per heavy atom. The zero-order chi connectivity index (χ0) is 7.56. The second kappa shape index (κ2) is 2.87. The summed E-state index contributed by atoms with van der Waals surface area (Å²) in [7, 11) is 0. The molecule has 0 N–H and O–H groups in total. The summed E-state index contributed by atoms with van der Waals surface area (Å²) in [5.41, 5.74) is 0.273. The topological polar surface area (TPSA) is 36.7 Å². The van der Waals surface area contributed by atoms with Gasteiger partial charge in [-0.2, -0.15) is 5.26 Å². The molecule has 0 saturated carbocycles. The van der Waals surface area contributed by atoms with Crippen LogP contribution in [0.2, 0.25) is 10.0 Å². The van der Waals surface area contributed by atoms with Crippen molar-refractivity contribution >= 4 is 23.2 Å². The third-order valence-corrected chi connectivity index (χ3v) is 1.63. The number of hydrogen-bond donors (Lipinski definition) is 0. The molecule has 2 nitrogen and oxygen atoms in total. The summed E-state index contributed by atoms with van der Waals surface area (Å²) in [5.74, 6) is 0. The Labute approximate surface area is 68.0 Å². The number of nitriles is 1. The normalized spacial score (nSPS) is 8.90. The second-order valence-corrected chi connectivity index (χ2v) is 2.41. The van der Waals surface area contributed by atoms with Crippen LogP contribution in [0.25, 0.3) is 0 Å². The van der Waals surface area contributed by atoms with Crippen LogP contribution >= 0.6 is 23.2 Å². The van der Waals surface area contributed by atoms with Gasteiger partial charge in [0, 0.05) is 6.20 Å². The Balaban J connectivity index is 3.20. The van der Waals surface area contributed by atoms with Crippen molar-refractivity contribution in [2.75, 3.05) is 0 Å². The van der Waals surface area contributed by atoms with Gasteiger partial charge in [-0.1, -0.05) is 23.2 Å². The van der Waals surface area contributed by atoms with E-state index in [1.54, 1.807) is 0 Å². The van der Waals surface area contributed by atoms with Crippen LogP contribution in [0.1, 0.15) is 5.69 Å². The van der Waals surface area contributed by atoms with Gasteiger partial charge < -0.3 is 0 Å². The van der Waals surface area contributed by atoms with Crippen molar-refractivity contribution in [3.63, 3.8) is 0 Å².